The normalized spacial score (nSPS) is 12.5. The van der Waals surface area contributed by atoms with E-state index in [1.165, 1.54) is 11.3 Å². The zero-order chi connectivity index (χ0) is 11.3. The molecule has 1 aromatic heterocycles. The highest BCUT2D eigenvalue weighted by Crippen LogP contribution is 2.21. The molecule has 0 saturated heterocycles. The van der Waals surface area contributed by atoms with Gasteiger partial charge in [0.05, 0.1) is 4.88 Å². The number of amides is 1. The van der Waals surface area contributed by atoms with Gasteiger partial charge in [-0.3, -0.25) is 10.2 Å². The van der Waals surface area contributed by atoms with Crippen molar-refractivity contribution in [2.24, 2.45) is 11.6 Å². The monoisotopic (exact) mass is 245 g/mol. The van der Waals surface area contributed by atoms with Crippen LogP contribution in [-0.4, -0.2) is 17.7 Å². The van der Waals surface area contributed by atoms with Gasteiger partial charge in [0.25, 0.3) is 5.91 Å². The van der Waals surface area contributed by atoms with Crippen molar-refractivity contribution in [3.63, 3.8) is 0 Å². The van der Waals surface area contributed by atoms with Crippen LogP contribution in [0.4, 0.5) is 0 Å². The van der Waals surface area contributed by atoms with Gasteiger partial charge in [-0.15, -0.1) is 11.3 Å². The summed E-state index contributed by atoms with van der Waals surface area (Å²) >= 11 is 3.13. The molecule has 0 bridgehead atoms. The van der Waals surface area contributed by atoms with Crippen LogP contribution < -0.4 is 17.0 Å². The van der Waals surface area contributed by atoms with Crippen LogP contribution in [0.5, 0.6) is 0 Å². The lowest BCUT2D eigenvalue weighted by Gasteiger charge is -2.05. The summed E-state index contributed by atoms with van der Waals surface area (Å²) in [4.78, 5) is 12.0. The molecule has 1 unspecified atom stereocenters. The first kappa shape index (κ1) is 12.5. The third-order valence-electron chi connectivity index (χ3n) is 1.72. The fourth-order valence-corrected chi connectivity index (χ4v) is 2.94. The molecule has 0 fully saturated rings. The van der Waals surface area contributed by atoms with Crippen LogP contribution >= 0.6 is 23.1 Å². The van der Waals surface area contributed by atoms with Gasteiger partial charge in [-0.05, 0) is 23.9 Å². The van der Waals surface area contributed by atoms with Crippen LogP contribution in [-0.2, 0) is 5.75 Å². The number of nitrogen functional groups attached to an aromatic ring is 1. The Bertz CT molecular complexity index is 325. The van der Waals surface area contributed by atoms with Crippen LogP contribution in [0, 0.1) is 0 Å². The third-order valence-corrected chi connectivity index (χ3v) is 3.95. The van der Waals surface area contributed by atoms with E-state index in [1.807, 2.05) is 18.4 Å². The van der Waals surface area contributed by atoms with E-state index in [0.717, 1.165) is 17.1 Å². The average molecular weight is 245 g/mol. The number of hydrogen-bond acceptors (Lipinski definition) is 5. The van der Waals surface area contributed by atoms with Gasteiger partial charge in [0.1, 0.15) is 0 Å². The minimum atomic E-state index is -0.221. The molecular formula is C9H15N3OS2. The zero-order valence-corrected chi connectivity index (χ0v) is 10.2. The van der Waals surface area contributed by atoms with Crippen LogP contribution in [0.1, 0.15) is 22.2 Å². The minimum absolute atomic E-state index is 0.181. The Morgan fingerprint density at radius 1 is 1.73 bits per heavy atom. The summed E-state index contributed by atoms with van der Waals surface area (Å²) in [7, 11) is 0. The Hall–Kier alpha value is -0.560. The summed E-state index contributed by atoms with van der Waals surface area (Å²) in [5.74, 6) is 6.56. The molecule has 84 valence electrons. The molecule has 1 amide bonds. The van der Waals surface area contributed by atoms with Crippen LogP contribution in [0.15, 0.2) is 11.4 Å². The molecule has 1 rings (SSSR count). The molecule has 0 spiro atoms. The van der Waals surface area contributed by atoms with E-state index >= 15 is 0 Å². The number of hydrogen-bond donors (Lipinski definition) is 3. The minimum Gasteiger partial charge on any atom is -0.327 e. The summed E-state index contributed by atoms with van der Waals surface area (Å²) in [6, 6.07) is 2.13. The van der Waals surface area contributed by atoms with Gasteiger partial charge in [-0.2, -0.15) is 11.8 Å². The van der Waals surface area contributed by atoms with Crippen molar-refractivity contribution in [2.75, 3.05) is 5.75 Å². The number of thioether (sulfide) groups is 1. The number of nitrogens with two attached hydrogens (primary N) is 2. The maximum Gasteiger partial charge on any atom is 0.275 e. The number of carbonyl (C=O) groups is 1. The molecule has 0 aromatic carbocycles. The number of thiophene rings is 1. The van der Waals surface area contributed by atoms with Crippen LogP contribution in [0.2, 0.25) is 0 Å². The summed E-state index contributed by atoms with van der Waals surface area (Å²) in [5.41, 5.74) is 8.80. The van der Waals surface area contributed by atoms with Crippen LogP contribution in [0.3, 0.4) is 0 Å². The quantitative estimate of drug-likeness (QED) is 0.409. The first-order chi connectivity index (χ1) is 7.15. The van der Waals surface area contributed by atoms with E-state index in [9.17, 15) is 4.79 Å². The van der Waals surface area contributed by atoms with Crippen molar-refractivity contribution in [1.29, 1.82) is 0 Å². The first-order valence-electron chi connectivity index (χ1n) is 4.55. The molecule has 1 heterocycles. The van der Waals surface area contributed by atoms with Crippen molar-refractivity contribution in [1.82, 2.24) is 5.43 Å². The highest BCUT2D eigenvalue weighted by Gasteiger charge is 2.11. The molecule has 5 N–H and O–H groups in total. The summed E-state index contributed by atoms with van der Waals surface area (Å²) in [6.07, 6.45) is 0. The smallest absolute Gasteiger partial charge is 0.275 e. The van der Waals surface area contributed by atoms with Gasteiger partial charge >= 0.3 is 0 Å². The van der Waals surface area contributed by atoms with Crippen molar-refractivity contribution < 1.29 is 4.79 Å². The fraction of sp³-hybridized carbons (Fsp3) is 0.444. The largest absolute Gasteiger partial charge is 0.327 e. The van der Waals surface area contributed by atoms with Crippen molar-refractivity contribution >= 4 is 29.0 Å². The molecule has 1 atom stereocenters. The van der Waals surface area contributed by atoms with E-state index in [4.69, 9.17) is 11.6 Å². The van der Waals surface area contributed by atoms with E-state index in [2.05, 4.69) is 5.43 Å². The van der Waals surface area contributed by atoms with Gasteiger partial charge in [0, 0.05) is 17.5 Å². The lowest BCUT2D eigenvalue weighted by atomic mass is 10.3. The van der Waals surface area contributed by atoms with E-state index in [-0.39, 0.29) is 11.9 Å². The average Bonchev–Trinajstić information content (AvgIpc) is 2.64. The molecule has 0 aliphatic heterocycles. The van der Waals surface area contributed by atoms with E-state index < -0.39 is 0 Å². The number of rotatable bonds is 5. The molecule has 0 aliphatic carbocycles. The Labute approximate surface area is 97.4 Å². The molecule has 4 nitrogen and oxygen atoms in total. The third kappa shape index (κ3) is 3.83. The zero-order valence-electron chi connectivity index (χ0n) is 8.53. The fourth-order valence-electron chi connectivity index (χ4n) is 1.07. The molecular weight excluding hydrogens is 230 g/mol. The number of nitrogens with one attached hydrogen (secondary N) is 1. The second-order valence-electron chi connectivity index (χ2n) is 3.24. The predicted octanol–water partition coefficient (Wildman–Crippen LogP) is 0.932. The Balaban J connectivity index is 2.54. The van der Waals surface area contributed by atoms with Gasteiger partial charge in [0.15, 0.2) is 0 Å². The maximum absolute atomic E-state index is 11.3. The molecule has 0 aliphatic rings. The lowest BCUT2D eigenvalue weighted by molar-refractivity contribution is 0.0957. The lowest BCUT2D eigenvalue weighted by Crippen LogP contribution is -2.29. The topological polar surface area (TPSA) is 81.1 Å². The van der Waals surface area contributed by atoms with Gasteiger partial charge < -0.3 is 5.73 Å². The highest BCUT2D eigenvalue weighted by atomic mass is 32.2. The second-order valence-corrected chi connectivity index (χ2v) is 5.19. The van der Waals surface area contributed by atoms with Gasteiger partial charge in [0.2, 0.25) is 0 Å². The molecule has 1 aromatic rings. The summed E-state index contributed by atoms with van der Waals surface area (Å²) < 4.78 is 0. The number of hydrazine groups is 1. The maximum atomic E-state index is 11.3. The number of carbonyl (C=O) groups excluding carboxylic acids is 1. The van der Waals surface area contributed by atoms with E-state index in [0.29, 0.717) is 4.88 Å². The Kier molecular flexibility index (Phi) is 5.10. The molecule has 0 radical (unpaired) electrons. The molecule has 6 heteroatoms. The van der Waals surface area contributed by atoms with Crippen molar-refractivity contribution in [3.05, 3.63) is 21.9 Å². The Morgan fingerprint density at radius 3 is 3.07 bits per heavy atom. The second kappa shape index (κ2) is 6.12. The van der Waals surface area contributed by atoms with Crippen molar-refractivity contribution in [3.8, 4) is 0 Å². The highest BCUT2D eigenvalue weighted by molar-refractivity contribution is 7.98. The Morgan fingerprint density at radius 2 is 2.47 bits per heavy atom. The molecule has 0 saturated carbocycles. The van der Waals surface area contributed by atoms with E-state index in [1.54, 1.807) is 11.8 Å². The van der Waals surface area contributed by atoms with Gasteiger partial charge in [-0.1, -0.05) is 0 Å². The van der Waals surface area contributed by atoms with Gasteiger partial charge in [-0.25, -0.2) is 5.84 Å². The van der Waals surface area contributed by atoms with Crippen LogP contribution in [0.25, 0.3) is 0 Å². The van der Waals surface area contributed by atoms with Crippen molar-refractivity contribution in [2.45, 2.75) is 18.7 Å². The summed E-state index contributed by atoms with van der Waals surface area (Å²) in [6.45, 7) is 1.97. The first-order valence-corrected chi connectivity index (χ1v) is 6.59. The molecule has 15 heavy (non-hydrogen) atoms. The summed E-state index contributed by atoms with van der Waals surface area (Å²) in [5, 5.41) is 1.90. The predicted molar refractivity (Wildman–Crippen MR) is 65.8 cm³/mol. The SMILES string of the molecule is CC(N)CSCc1ccsc1C(=O)NN. The standard InChI is InChI=1S/C9H15N3OS2/c1-6(10)4-14-5-7-2-3-15-8(7)9(13)12-11/h2-3,6H,4-5,10-11H2,1H3,(H,12,13).